The molecule has 0 aromatic carbocycles. The highest BCUT2D eigenvalue weighted by molar-refractivity contribution is 5.76. The van der Waals surface area contributed by atoms with Gasteiger partial charge in [0.05, 0.1) is 25.4 Å². The van der Waals surface area contributed by atoms with Crippen molar-refractivity contribution in [2.45, 2.75) is 320 Å². The molecule has 460 valence electrons. The van der Waals surface area contributed by atoms with Gasteiger partial charge in [0.1, 0.15) is 24.4 Å². The Hall–Kier alpha value is -3.15. The number of allylic oxidation sites excluding steroid dienone is 17. The zero-order valence-corrected chi connectivity index (χ0v) is 51.3. The molecule has 7 unspecified atom stereocenters. The number of amides is 1. The number of hydrogen-bond acceptors (Lipinski definition) is 8. The van der Waals surface area contributed by atoms with Crippen LogP contribution in [0.3, 0.4) is 0 Å². The van der Waals surface area contributed by atoms with Crippen LogP contribution >= 0.6 is 0 Å². The normalized spacial score (nSPS) is 19.2. The molecule has 0 radical (unpaired) electrons. The van der Waals surface area contributed by atoms with Crippen LogP contribution in [0, 0.1) is 0 Å². The topological polar surface area (TPSA) is 149 Å². The highest BCUT2D eigenvalue weighted by Gasteiger charge is 2.44. The van der Waals surface area contributed by atoms with Crippen LogP contribution in [0.1, 0.15) is 277 Å². The van der Waals surface area contributed by atoms with Crippen LogP contribution in [-0.2, 0) is 14.3 Å². The number of unbranched alkanes of at least 4 members (excludes halogenated alkanes) is 30. The molecule has 1 fully saturated rings. The molecular formula is C71H123NO8. The van der Waals surface area contributed by atoms with Crippen molar-refractivity contribution in [3.05, 3.63) is 109 Å². The molecule has 1 amide bonds. The van der Waals surface area contributed by atoms with Crippen LogP contribution in [0.15, 0.2) is 109 Å². The Labute approximate surface area is 491 Å². The molecule has 9 heteroatoms. The lowest BCUT2D eigenvalue weighted by atomic mass is 9.99. The maximum absolute atomic E-state index is 13.1. The van der Waals surface area contributed by atoms with Gasteiger partial charge in [-0.1, -0.05) is 284 Å². The fourth-order valence-corrected chi connectivity index (χ4v) is 9.90. The van der Waals surface area contributed by atoms with Crippen molar-refractivity contribution >= 4 is 5.91 Å². The number of ether oxygens (including phenoxy) is 2. The van der Waals surface area contributed by atoms with E-state index in [-0.39, 0.29) is 12.5 Å². The first-order chi connectivity index (χ1) is 39.3. The minimum Gasteiger partial charge on any atom is -0.394 e. The first kappa shape index (κ1) is 74.9. The second-order valence-electron chi connectivity index (χ2n) is 22.5. The van der Waals surface area contributed by atoms with Gasteiger partial charge in [0.15, 0.2) is 6.29 Å². The van der Waals surface area contributed by atoms with Crippen LogP contribution in [0.25, 0.3) is 0 Å². The van der Waals surface area contributed by atoms with Gasteiger partial charge in [-0.3, -0.25) is 4.79 Å². The average molecular weight is 1120 g/mol. The highest BCUT2D eigenvalue weighted by Crippen LogP contribution is 2.23. The summed E-state index contributed by atoms with van der Waals surface area (Å²) in [6, 6.07) is -0.832. The van der Waals surface area contributed by atoms with Gasteiger partial charge in [-0.05, 0) is 96.3 Å². The molecule has 0 aliphatic carbocycles. The van der Waals surface area contributed by atoms with Gasteiger partial charge in [-0.2, -0.15) is 0 Å². The third-order valence-corrected chi connectivity index (χ3v) is 15.1. The predicted molar refractivity (Wildman–Crippen MR) is 341 cm³/mol. The van der Waals surface area contributed by atoms with Gasteiger partial charge in [-0.25, -0.2) is 0 Å². The van der Waals surface area contributed by atoms with Crippen LogP contribution in [0.4, 0.5) is 0 Å². The molecular weight excluding hydrogens is 995 g/mol. The van der Waals surface area contributed by atoms with E-state index in [9.17, 15) is 30.3 Å². The van der Waals surface area contributed by atoms with Crippen molar-refractivity contribution < 1.29 is 39.8 Å². The molecule has 1 aliphatic rings. The summed E-state index contributed by atoms with van der Waals surface area (Å²) < 4.78 is 11.3. The number of carbonyl (C=O) groups is 1. The van der Waals surface area contributed by atoms with Crippen molar-refractivity contribution in [2.75, 3.05) is 13.2 Å². The maximum atomic E-state index is 13.1. The van der Waals surface area contributed by atoms with E-state index >= 15 is 0 Å². The molecule has 9 nitrogen and oxygen atoms in total. The molecule has 0 bridgehead atoms. The predicted octanol–water partition coefficient (Wildman–Crippen LogP) is 17.7. The SMILES string of the molecule is CC/C=C\C/C=C\C/C=C\C/C=C\C/C=C\C/C=C\CCCCCCCCCCCCCCCCCCCCCCC(=O)NC(COC1OC(CO)C(O)C(O)C1O)C(O)/C=C/CC/C=C/CC/C=C/CCCCCCCCCC. The summed E-state index contributed by atoms with van der Waals surface area (Å²) in [7, 11) is 0. The van der Waals surface area contributed by atoms with E-state index in [1.807, 2.05) is 6.08 Å². The Balaban J connectivity index is 2.11. The van der Waals surface area contributed by atoms with Gasteiger partial charge >= 0.3 is 0 Å². The van der Waals surface area contributed by atoms with Gasteiger partial charge in [0.2, 0.25) is 5.91 Å². The number of nitrogens with one attached hydrogen (secondary N) is 1. The lowest BCUT2D eigenvalue weighted by Crippen LogP contribution is -2.60. The first-order valence-electron chi connectivity index (χ1n) is 33.1. The van der Waals surface area contributed by atoms with Gasteiger partial charge in [0.25, 0.3) is 0 Å². The molecule has 0 spiro atoms. The minimum atomic E-state index is -1.58. The largest absolute Gasteiger partial charge is 0.394 e. The van der Waals surface area contributed by atoms with E-state index in [0.29, 0.717) is 6.42 Å². The summed E-state index contributed by atoms with van der Waals surface area (Å²) in [5.41, 5.74) is 0. The third-order valence-electron chi connectivity index (χ3n) is 15.1. The molecule has 0 aromatic heterocycles. The molecule has 1 saturated heterocycles. The lowest BCUT2D eigenvalue weighted by Gasteiger charge is -2.40. The number of rotatable bonds is 56. The molecule has 80 heavy (non-hydrogen) atoms. The zero-order chi connectivity index (χ0) is 57.9. The summed E-state index contributed by atoms with van der Waals surface area (Å²) in [6.07, 6.45) is 80.4. The Morgan fingerprint density at radius 3 is 1.20 bits per heavy atom. The summed E-state index contributed by atoms with van der Waals surface area (Å²) in [6.45, 7) is 3.65. The van der Waals surface area contributed by atoms with E-state index in [0.717, 1.165) is 89.9 Å². The van der Waals surface area contributed by atoms with Crippen molar-refractivity contribution in [1.82, 2.24) is 5.32 Å². The molecule has 0 saturated carbocycles. The lowest BCUT2D eigenvalue weighted by molar-refractivity contribution is -0.302. The average Bonchev–Trinajstić information content (AvgIpc) is 3.46. The second kappa shape index (κ2) is 59.0. The smallest absolute Gasteiger partial charge is 0.220 e. The van der Waals surface area contributed by atoms with Crippen molar-refractivity contribution in [3.63, 3.8) is 0 Å². The molecule has 1 aliphatic heterocycles. The summed E-state index contributed by atoms with van der Waals surface area (Å²) in [5, 5.41) is 54.6. The minimum absolute atomic E-state index is 0.190. The van der Waals surface area contributed by atoms with Crippen molar-refractivity contribution in [2.24, 2.45) is 0 Å². The van der Waals surface area contributed by atoms with Gasteiger partial charge in [0, 0.05) is 6.42 Å². The number of aliphatic hydroxyl groups is 5. The van der Waals surface area contributed by atoms with Crippen molar-refractivity contribution in [3.8, 4) is 0 Å². The fourth-order valence-electron chi connectivity index (χ4n) is 9.90. The van der Waals surface area contributed by atoms with Crippen LogP contribution in [-0.4, -0.2) is 87.5 Å². The summed E-state index contributed by atoms with van der Waals surface area (Å²) >= 11 is 0. The zero-order valence-electron chi connectivity index (χ0n) is 51.3. The summed E-state index contributed by atoms with van der Waals surface area (Å²) in [4.78, 5) is 13.1. The van der Waals surface area contributed by atoms with E-state index < -0.39 is 49.5 Å². The second-order valence-corrected chi connectivity index (χ2v) is 22.5. The highest BCUT2D eigenvalue weighted by atomic mass is 16.7. The standard InChI is InChI=1S/C71H123NO8/c1-3-5-7-9-11-13-15-17-19-21-23-24-25-26-27-28-29-30-31-32-33-34-35-36-37-38-39-40-41-42-43-45-47-49-51-53-55-57-59-61-67(75)72-64(63-79-71-70(78)69(77)68(76)66(62-73)80-71)65(74)60-58-56-54-52-50-48-46-44-22-20-18-16-14-12-10-8-6-4-2/h5,7,11,13,17,19,22-24,26-27,29-30,44,50,52,58,60,64-66,68-71,73-74,76-78H,3-4,6,8-10,12,14-16,18,20-21,25,28,31-43,45-49,51,53-57,59,61-63H2,1-2H3,(H,72,75)/b7-5-,13-11-,19-17-,24-23-,27-26-,30-29-,44-22+,52-50+,60-58+. The first-order valence-corrected chi connectivity index (χ1v) is 33.1. The molecule has 1 rings (SSSR count). The molecule has 0 aromatic rings. The Morgan fingerprint density at radius 2 is 0.787 bits per heavy atom. The van der Waals surface area contributed by atoms with E-state index in [1.54, 1.807) is 6.08 Å². The molecule has 7 atom stereocenters. The van der Waals surface area contributed by atoms with E-state index in [2.05, 4.69) is 116 Å². The molecule has 1 heterocycles. The van der Waals surface area contributed by atoms with Crippen molar-refractivity contribution in [1.29, 1.82) is 0 Å². The van der Waals surface area contributed by atoms with Crippen LogP contribution in [0.2, 0.25) is 0 Å². The number of carbonyl (C=O) groups excluding carboxylic acids is 1. The van der Waals surface area contributed by atoms with Crippen LogP contribution < -0.4 is 5.32 Å². The molecule has 6 N–H and O–H groups in total. The fraction of sp³-hybridized carbons (Fsp3) is 0.732. The van der Waals surface area contributed by atoms with Gasteiger partial charge < -0.3 is 40.3 Å². The monoisotopic (exact) mass is 1120 g/mol. The van der Waals surface area contributed by atoms with Crippen LogP contribution in [0.5, 0.6) is 0 Å². The number of hydrogen-bond donors (Lipinski definition) is 6. The third kappa shape index (κ3) is 47.4. The van der Waals surface area contributed by atoms with E-state index in [1.165, 1.54) is 167 Å². The Bertz CT molecular complexity index is 1630. The quantitative estimate of drug-likeness (QED) is 0.0261. The Kier molecular flexibility index (Phi) is 55.2. The summed E-state index contributed by atoms with van der Waals surface area (Å²) in [5.74, 6) is -0.190. The van der Waals surface area contributed by atoms with Gasteiger partial charge in [-0.15, -0.1) is 0 Å². The Morgan fingerprint density at radius 1 is 0.438 bits per heavy atom. The van der Waals surface area contributed by atoms with E-state index in [4.69, 9.17) is 9.47 Å². The maximum Gasteiger partial charge on any atom is 0.220 e. The number of aliphatic hydroxyl groups excluding tert-OH is 5.